The Morgan fingerprint density at radius 1 is 1.07 bits per heavy atom. The number of hydrogen-bond acceptors (Lipinski definition) is 3. The Kier molecular flexibility index (Phi) is 4.84. The zero-order chi connectivity index (χ0) is 20.6. The van der Waals surface area contributed by atoms with E-state index in [-0.39, 0.29) is 28.3 Å². The number of rotatable bonds is 3. The van der Waals surface area contributed by atoms with E-state index >= 15 is 0 Å². The van der Waals surface area contributed by atoms with Crippen molar-refractivity contribution in [2.24, 2.45) is 4.99 Å². The number of carbonyl (C=O) groups is 1. The first-order valence-corrected chi connectivity index (χ1v) is 8.99. The topological polar surface area (TPSA) is 54.4 Å². The fourth-order valence-electron chi connectivity index (χ4n) is 3.18. The van der Waals surface area contributed by atoms with E-state index in [2.05, 4.69) is 15.3 Å². The lowest BCUT2D eigenvalue weighted by Crippen LogP contribution is -2.13. The van der Waals surface area contributed by atoms with Gasteiger partial charge < -0.3 is 5.32 Å². The van der Waals surface area contributed by atoms with Crippen molar-refractivity contribution in [3.63, 3.8) is 0 Å². The van der Waals surface area contributed by atoms with Gasteiger partial charge in [-0.2, -0.15) is 13.2 Å². The number of aliphatic imine (C=N–C) groups is 1. The second-order valence-electron chi connectivity index (χ2n) is 6.41. The molecule has 0 fully saturated rings. The number of nitrogens with zero attached hydrogens (tertiary/aromatic N) is 2. The maximum atomic E-state index is 13.5. The van der Waals surface area contributed by atoms with Gasteiger partial charge >= 0.3 is 6.18 Å². The molecule has 146 valence electrons. The monoisotopic (exact) mass is 415 g/mol. The van der Waals surface area contributed by atoms with Crippen LogP contribution in [0.5, 0.6) is 0 Å². The third-order valence-corrected chi connectivity index (χ3v) is 4.71. The highest BCUT2D eigenvalue weighted by atomic mass is 35.5. The van der Waals surface area contributed by atoms with Gasteiger partial charge in [-0.15, -0.1) is 0 Å². The van der Waals surface area contributed by atoms with Crippen LogP contribution in [-0.2, 0) is 12.6 Å². The Balaban J connectivity index is 1.72. The van der Waals surface area contributed by atoms with Gasteiger partial charge in [0.2, 0.25) is 0 Å². The minimum atomic E-state index is -4.57. The predicted octanol–water partition coefficient (Wildman–Crippen LogP) is 5.68. The molecule has 2 aromatic carbocycles. The molecule has 0 radical (unpaired) electrons. The number of carbonyl (C=O) groups excluding carboxylic acids is 1. The van der Waals surface area contributed by atoms with Crippen molar-refractivity contribution in [2.45, 2.75) is 12.6 Å². The number of pyridine rings is 1. The molecule has 1 aliphatic heterocycles. The molecule has 0 saturated carbocycles. The van der Waals surface area contributed by atoms with E-state index in [4.69, 9.17) is 11.6 Å². The molecule has 8 heteroatoms. The maximum Gasteiger partial charge on any atom is 0.417 e. The number of para-hydroxylation sites is 1. The molecule has 1 aromatic heterocycles. The van der Waals surface area contributed by atoms with Crippen molar-refractivity contribution in [1.29, 1.82) is 0 Å². The number of alkyl halides is 3. The summed E-state index contributed by atoms with van der Waals surface area (Å²) in [5.74, 6) is -0.0629. The molecule has 4 rings (SSSR count). The van der Waals surface area contributed by atoms with Crippen LogP contribution in [0.15, 0.2) is 65.8 Å². The van der Waals surface area contributed by atoms with Gasteiger partial charge in [0.05, 0.1) is 22.5 Å². The predicted molar refractivity (Wildman–Crippen MR) is 105 cm³/mol. The highest BCUT2D eigenvalue weighted by Crippen LogP contribution is 2.38. The van der Waals surface area contributed by atoms with Gasteiger partial charge in [0.15, 0.2) is 0 Å². The van der Waals surface area contributed by atoms with E-state index < -0.39 is 17.6 Å². The molecule has 1 aliphatic rings. The summed E-state index contributed by atoms with van der Waals surface area (Å²) in [4.78, 5) is 21.1. The van der Waals surface area contributed by atoms with Crippen LogP contribution in [0.1, 0.15) is 27.0 Å². The summed E-state index contributed by atoms with van der Waals surface area (Å²) in [7, 11) is 0. The number of amides is 1. The lowest BCUT2D eigenvalue weighted by atomic mass is 9.98. The van der Waals surface area contributed by atoms with Crippen molar-refractivity contribution in [3.8, 4) is 0 Å². The molecule has 2 heterocycles. The lowest BCUT2D eigenvalue weighted by molar-refractivity contribution is -0.137. The Labute approximate surface area is 169 Å². The standard InChI is InChI=1S/C21H13ClF3N3O/c22-13-7-8-14(16(11-13)21(23,24)25)17-10-12-4-3-5-15(19(12)27-17)20(29)28-18-6-1-2-9-26-18/h1-9,11H,10H2,(H,26,28,29). The smallest absolute Gasteiger partial charge is 0.306 e. The third kappa shape index (κ3) is 3.86. The number of fused-ring (bicyclic) bond motifs is 1. The molecule has 3 aromatic rings. The SMILES string of the molecule is O=C(Nc1ccccn1)c1cccc2c1N=C(c1ccc(Cl)cc1C(F)(F)F)C2. The van der Waals surface area contributed by atoms with Crippen molar-refractivity contribution in [2.75, 3.05) is 5.32 Å². The van der Waals surface area contributed by atoms with E-state index in [0.717, 1.165) is 6.07 Å². The van der Waals surface area contributed by atoms with Crippen LogP contribution in [-0.4, -0.2) is 16.6 Å². The largest absolute Gasteiger partial charge is 0.417 e. The van der Waals surface area contributed by atoms with Crippen LogP contribution >= 0.6 is 11.6 Å². The summed E-state index contributed by atoms with van der Waals surface area (Å²) in [6.07, 6.45) is -2.85. The first-order chi connectivity index (χ1) is 13.8. The maximum absolute atomic E-state index is 13.5. The van der Waals surface area contributed by atoms with Gasteiger partial charge in [-0.1, -0.05) is 35.9 Å². The summed E-state index contributed by atoms with van der Waals surface area (Å²) >= 11 is 5.76. The molecule has 0 unspecified atom stereocenters. The van der Waals surface area contributed by atoms with Crippen LogP contribution < -0.4 is 5.32 Å². The summed E-state index contributed by atoms with van der Waals surface area (Å²) in [6, 6.07) is 13.7. The first kappa shape index (κ1) is 19.1. The summed E-state index contributed by atoms with van der Waals surface area (Å²) in [6.45, 7) is 0. The average molecular weight is 416 g/mol. The van der Waals surface area contributed by atoms with E-state index in [1.165, 1.54) is 12.1 Å². The Bertz CT molecular complexity index is 1130. The van der Waals surface area contributed by atoms with Gasteiger partial charge in [-0.05, 0) is 35.9 Å². The molecule has 29 heavy (non-hydrogen) atoms. The molecule has 0 saturated heterocycles. The zero-order valence-corrected chi connectivity index (χ0v) is 15.6. The van der Waals surface area contributed by atoms with Crippen LogP contribution in [0, 0.1) is 0 Å². The van der Waals surface area contributed by atoms with E-state index in [1.807, 2.05) is 0 Å². The van der Waals surface area contributed by atoms with Crippen molar-refractivity contribution < 1.29 is 18.0 Å². The molecule has 0 spiro atoms. The zero-order valence-electron chi connectivity index (χ0n) is 14.8. The number of hydrogen-bond donors (Lipinski definition) is 1. The number of aromatic nitrogens is 1. The van der Waals surface area contributed by atoms with E-state index in [9.17, 15) is 18.0 Å². The van der Waals surface area contributed by atoms with Crippen LogP contribution in [0.3, 0.4) is 0 Å². The van der Waals surface area contributed by atoms with Gasteiger partial charge in [-0.3, -0.25) is 9.79 Å². The van der Waals surface area contributed by atoms with Crippen molar-refractivity contribution in [3.05, 3.63) is 88.1 Å². The Hall–Kier alpha value is -3.19. The fraction of sp³-hybridized carbons (Fsp3) is 0.0952. The van der Waals surface area contributed by atoms with Crippen molar-refractivity contribution in [1.82, 2.24) is 4.98 Å². The summed E-state index contributed by atoms with van der Waals surface area (Å²) in [5, 5.41) is 2.66. The average Bonchev–Trinajstić information content (AvgIpc) is 3.12. The normalized spacial score (nSPS) is 13.0. The number of nitrogens with one attached hydrogen (secondary N) is 1. The van der Waals surface area contributed by atoms with Gasteiger partial charge in [-0.25, -0.2) is 4.98 Å². The van der Waals surface area contributed by atoms with Crippen LogP contribution in [0.4, 0.5) is 24.7 Å². The second kappa shape index (κ2) is 7.33. The molecule has 4 nitrogen and oxygen atoms in total. The molecular formula is C21H13ClF3N3O. The van der Waals surface area contributed by atoms with Crippen LogP contribution in [0.2, 0.25) is 5.02 Å². The Morgan fingerprint density at radius 3 is 2.62 bits per heavy atom. The quantitative estimate of drug-likeness (QED) is 0.598. The summed E-state index contributed by atoms with van der Waals surface area (Å²) in [5.41, 5.74) is 0.647. The van der Waals surface area contributed by atoms with Crippen molar-refractivity contribution >= 4 is 34.7 Å². The molecule has 1 amide bonds. The summed E-state index contributed by atoms with van der Waals surface area (Å²) < 4.78 is 40.4. The van der Waals surface area contributed by atoms with Gasteiger partial charge in [0.25, 0.3) is 5.91 Å². The number of anilines is 1. The van der Waals surface area contributed by atoms with Gasteiger partial charge in [0, 0.05) is 23.2 Å². The second-order valence-corrected chi connectivity index (χ2v) is 6.84. The third-order valence-electron chi connectivity index (χ3n) is 4.47. The Morgan fingerprint density at radius 2 is 1.90 bits per heavy atom. The van der Waals surface area contributed by atoms with E-state index in [1.54, 1.807) is 42.6 Å². The number of halogens is 4. The molecule has 0 atom stereocenters. The minimum Gasteiger partial charge on any atom is -0.306 e. The highest BCUT2D eigenvalue weighted by molar-refractivity contribution is 6.30. The fourth-order valence-corrected chi connectivity index (χ4v) is 3.35. The first-order valence-electron chi connectivity index (χ1n) is 8.62. The molecule has 0 bridgehead atoms. The van der Waals surface area contributed by atoms with E-state index in [0.29, 0.717) is 17.1 Å². The lowest BCUT2D eigenvalue weighted by Gasteiger charge is -2.13. The highest BCUT2D eigenvalue weighted by Gasteiger charge is 2.36. The molecule has 1 N–H and O–H groups in total. The van der Waals surface area contributed by atoms with Crippen LogP contribution in [0.25, 0.3) is 0 Å². The van der Waals surface area contributed by atoms with Gasteiger partial charge in [0.1, 0.15) is 5.82 Å². The number of benzene rings is 2. The minimum absolute atomic E-state index is 0.00684. The molecule has 0 aliphatic carbocycles. The molecular weight excluding hydrogens is 403 g/mol.